The number of hydrogen-bond donors (Lipinski definition) is 1. The Bertz CT molecular complexity index is 963. The summed E-state index contributed by atoms with van der Waals surface area (Å²) in [5.41, 5.74) is 7.06. The van der Waals surface area contributed by atoms with Crippen LogP contribution in [-0.4, -0.2) is 28.6 Å². The lowest BCUT2D eigenvalue weighted by atomic mass is 9.48. The molecule has 5 rings (SSSR count). The normalized spacial score (nSPS) is 36.9. The van der Waals surface area contributed by atoms with Gasteiger partial charge in [0.25, 0.3) is 0 Å². The average molecular weight is 468 g/mol. The summed E-state index contributed by atoms with van der Waals surface area (Å²) >= 11 is 0. The Morgan fingerprint density at radius 2 is 1.82 bits per heavy atom. The zero-order valence-corrected chi connectivity index (χ0v) is 20.4. The Morgan fingerprint density at radius 1 is 1.12 bits per heavy atom. The molecule has 2 amide bonds. The van der Waals surface area contributed by atoms with E-state index in [0.29, 0.717) is 23.5 Å². The summed E-state index contributed by atoms with van der Waals surface area (Å²) < 4.78 is 0. The average Bonchev–Trinajstić information content (AvgIpc) is 3.11. The quantitative estimate of drug-likeness (QED) is 0.432. The van der Waals surface area contributed by atoms with Crippen LogP contribution in [0.4, 0.5) is 4.79 Å². The van der Waals surface area contributed by atoms with E-state index in [4.69, 9.17) is 5.73 Å². The highest BCUT2D eigenvalue weighted by Gasteiger charge is 2.59. The fourth-order valence-corrected chi connectivity index (χ4v) is 7.59. The van der Waals surface area contributed by atoms with Crippen molar-refractivity contribution in [2.75, 3.05) is 0 Å². The van der Waals surface area contributed by atoms with Gasteiger partial charge in [0.15, 0.2) is 5.78 Å². The number of amides is 2. The number of urea groups is 1. The van der Waals surface area contributed by atoms with Gasteiger partial charge in [-0.3, -0.25) is 9.59 Å². The Morgan fingerprint density at radius 3 is 2.47 bits per heavy atom. The Balaban J connectivity index is 0.000000195. The van der Waals surface area contributed by atoms with Crippen LogP contribution in [0, 0.1) is 33.5 Å². The molecule has 0 unspecified atom stereocenters. The topological polar surface area (TPSA) is 110 Å². The number of nitrogens with zero attached hydrogens (tertiary/aromatic N) is 2. The maximum atomic E-state index is 12.4. The van der Waals surface area contributed by atoms with Crippen molar-refractivity contribution in [2.24, 2.45) is 39.6 Å². The maximum absolute atomic E-state index is 12.4. The number of Topliss-reactive ketones (excluding diaryl/α,β-unsaturated/α-hetero) is 1. The molecular formula is C27H37N3O4. The van der Waals surface area contributed by atoms with Gasteiger partial charge >= 0.3 is 6.03 Å². The lowest BCUT2D eigenvalue weighted by Gasteiger charge is -2.56. The van der Waals surface area contributed by atoms with E-state index in [0.717, 1.165) is 73.9 Å². The van der Waals surface area contributed by atoms with Crippen molar-refractivity contribution < 1.29 is 14.4 Å². The van der Waals surface area contributed by atoms with Crippen molar-refractivity contribution in [3.63, 3.8) is 0 Å². The first kappa shape index (κ1) is 24.6. The molecule has 2 N–H and O–H groups in total. The molecule has 5 aliphatic carbocycles. The molecule has 0 bridgehead atoms. The van der Waals surface area contributed by atoms with Gasteiger partial charge in [-0.15, -0.1) is 4.91 Å². The summed E-state index contributed by atoms with van der Waals surface area (Å²) in [7, 11) is 0. The number of carbonyl (C=O) groups excluding carboxylic acids is 3. The summed E-state index contributed by atoms with van der Waals surface area (Å²) in [5.74, 6) is 2.14. The minimum Gasteiger partial charge on any atom is -0.350 e. The minimum atomic E-state index is -0.739. The molecule has 5 aliphatic rings. The van der Waals surface area contributed by atoms with E-state index in [1.807, 2.05) is 0 Å². The molecule has 4 fully saturated rings. The van der Waals surface area contributed by atoms with Gasteiger partial charge in [0.1, 0.15) is 5.78 Å². The maximum Gasteiger partial charge on any atom is 0.338 e. The molecule has 0 aromatic rings. The van der Waals surface area contributed by atoms with Gasteiger partial charge in [0, 0.05) is 17.3 Å². The van der Waals surface area contributed by atoms with Gasteiger partial charge in [-0.25, -0.2) is 4.79 Å². The third-order valence-electron chi connectivity index (χ3n) is 9.47. The molecule has 0 saturated heterocycles. The molecular weight excluding hydrogens is 430 g/mol. The van der Waals surface area contributed by atoms with Gasteiger partial charge in [-0.05, 0) is 74.0 Å². The number of nitroso groups, excluding NO2 is 1. The van der Waals surface area contributed by atoms with Crippen LogP contribution in [0.1, 0.15) is 78.1 Å². The predicted octanol–water partition coefficient (Wildman–Crippen LogP) is 5.41. The highest BCUT2D eigenvalue weighted by Crippen LogP contribution is 2.64. The van der Waals surface area contributed by atoms with Crippen LogP contribution in [0.5, 0.6) is 0 Å². The van der Waals surface area contributed by atoms with Crippen molar-refractivity contribution in [3.05, 3.63) is 40.9 Å². The smallest absolute Gasteiger partial charge is 0.338 e. The number of ketones is 2. The molecule has 0 radical (unpaired) electrons. The number of carbonyl (C=O) groups is 3. The molecule has 7 heteroatoms. The fraction of sp³-hybridized carbons (Fsp3) is 0.667. The highest BCUT2D eigenvalue weighted by atomic mass is 16.3. The summed E-state index contributed by atoms with van der Waals surface area (Å²) in [4.78, 5) is 45.1. The first-order valence-electron chi connectivity index (χ1n) is 12.7. The lowest BCUT2D eigenvalue weighted by molar-refractivity contribution is -0.131. The molecule has 0 aromatic carbocycles. The van der Waals surface area contributed by atoms with Crippen molar-refractivity contribution >= 4 is 17.6 Å². The van der Waals surface area contributed by atoms with E-state index >= 15 is 0 Å². The zero-order chi connectivity index (χ0) is 24.7. The van der Waals surface area contributed by atoms with E-state index in [-0.39, 0.29) is 22.7 Å². The molecule has 7 nitrogen and oxygen atoms in total. The summed E-state index contributed by atoms with van der Waals surface area (Å²) in [6.07, 6.45) is 15.4. The number of allylic oxidation sites excluding steroid dienone is 5. The van der Waals surface area contributed by atoms with Gasteiger partial charge in [0.05, 0.1) is 11.3 Å². The third kappa shape index (κ3) is 4.07. The fourth-order valence-electron chi connectivity index (χ4n) is 7.59. The predicted molar refractivity (Wildman–Crippen MR) is 130 cm³/mol. The van der Waals surface area contributed by atoms with Crippen molar-refractivity contribution in [3.8, 4) is 0 Å². The third-order valence-corrected chi connectivity index (χ3v) is 9.47. The van der Waals surface area contributed by atoms with E-state index in [9.17, 15) is 19.3 Å². The van der Waals surface area contributed by atoms with Crippen LogP contribution in [0.25, 0.3) is 0 Å². The summed E-state index contributed by atoms with van der Waals surface area (Å²) in [5, 5.41) is 3.48. The number of rotatable bonds is 2. The van der Waals surface area contributed by atoms with Crippen molar-refractivity contribution in [1.29, 1.82) is 0 Å². The highest BCUT2D eigenvalue weighted by molar-refractivity contribution is 6.02. The monoisotopic (exact) mass is 467 g/mol. The Kier molecular flexibility index (Phi) is 6.67. The summed E-state index contributed by atoms with van der Waals surface area (Å²) in [6, 6.07) is -0.800. The second-order valence-electron chi connectivity index (χ2n) is 11.2. The lowest BCUT2D eigenvalue weighted by Crippen LogP contribution is -2.50. The standard InChI is InChI=1S/C20H24O2.C7H13N3O2/c1-12-10-14-15-4-5-18(22)20(15,3)9-7-16(14)19(2)8-6-13(21)11-17(12)19;8-7(11)10(9-12)6-4-2-1-3-5-6/h6,8,11,14-16H,1,4-5,7,9-10H2,2-3H3;6H,1-5H2,(H2,8,11)/t14-,15-,16-,19+,20-;/m0./s1. The molecule has 4 saturated carbocycles. The first-order chi connectivity index (χ1) is 16.1. The van der Waals surface area contributed by atoms with Crippen LogP contribution in [0.2, 0.25) is 0 Å². The van der Waals surface area contributed by atoms with Gasteiger partial charge in [-0.2, -0.15) is 5.01 Å². The van der Waals surface area contributed by atoms with E-state index < -0.39 is 6.03 Å². The van der Waals surface area contributed by atoms with Crippen LogP contribution in [0.3, 0.4) is 0 Å². The Hall–Kier alpha value is -2.57. The number of primary amides is 1. The number of nitrogens with two attached hydrogens (primary N) is 1. The number of fused-ring (bicyclic) bond motifs is 5. The van der Waals surface area contributed by atoms with E-state index in [2.05, 4.69) is 31.8 Å². The molecule has 184 valence electrons. The molecule has 0 aliphatic heterocycles. The second kappa shape index (κ2) is 9.23. The molecule has 34 heavy (non-hydrogen) atoms. The summed E-state index contributed by atoms with van der Waals surface area (Å²) in [6.45, 7) is 8.75. The molecule has 0 heterocycles. The van der Waals surface area contributed by atoms with Crippen LogP contribution >= 0.6 is 0 Å². The van der Waals surface area contributed by atoms with Crippen LogP contribution < -0.4 is 5.73 Å². The van der Waals surface area contributed by atoms with Gasteiger partial charge in [-0.1, -0.05) is 51.3 Å². The molecule has 0 aromatic heterocycles. The first-order valence-corrected chi connectivity index (χ1v) is 12.7. The largest absolute Gasteiger partial charge is 0.350 e. The van der Waals surface area contributed by atoms with Crippen LogP contribution in [-0.2, 0) is 9.59 Å². The zero-order valence-electron chi connectivity index (χ0n) is 20.4. The number of hydrogen-bond acceptors (Lipinski definition) is 5. The van der Waals surface area contributed by atoms with Crippen LogP contribution in [0.15, 0.2) is 41.2 Å². The van der Waals surface area contributed by atoms with E-state index in [1.165, 1.54) is 6.42 Å². The van der Waals surface area contributed by atoms with Gasteiger partial charge < -0.3 is 5.73 Å². The van der Waals surface area contributed by atoms with Crippen molar-refractivity contribution in [2.45, 2.75) is 84.1 Å². The van der Waals surface area contributed by atoms with E-state index in [1.54, 1.807) is 12.2 Å². The molecule has 5 atom stereocenters. The SMILES string of the molecule is C=C1C[C@@H]2[C@H](CC[C@]3(C)C(=O)CC[C@@H]23)[C@@]2(C)C=CC(=O)C=C12.NC(=O)N(N=O)C1CCCCC1. The molecule has 0 spiro atoms. The van der Waals surface area contributed by atoms with Crippen molar-refractivity contribution in [1.82, 2.24) is 5.01 Å². The van der Waals surface area contributed by atoms with Gasteiger partial charge in [0.2, 0.25) is 0 Å². The minimum absolute atomic E-state index is 0.0613. The Labute approximate surface area is 201 Å². The second-order valence-corrected chi connectivity index (χ2v) is 11.2.